The predicted molar refractivity (Wildman–Crippen MR) is 62.3 cm³/mol. The molecule has 5 N–H and O–H groups in total. The minimum atomic E-state index is 0. The van der Waals surface area contributed by atoms with Gasteiger partial charge in [-0.3, -0.25) is 0 Å². The standard InChI is InChI=1S/C10H25N5.Mn/c1-2-4-6-8-10-12-14-15-13-11-9-7-5-3-1;/h11-15H,1-10H2;/q;+2. The zero-order valence-corrected chi connectivity index (χ0v) is 11.1. The van der Waals surface area contributed by atoms with Gasteiger partial charge in [-0.2, -0.15) is 16.6 Å². The van der Waals surface area contributed by atoms with Crippen molar-refractivity contribution in [2.45, 2.75) is 51.4 Å². The Bertz CT molecular complexity index is 77.8. The first-order valence-corrected chi connectivity index (χ1v) is 6.21. The number of hydrogen-bond donors (Lipinski definition) is 5. The fourth-order valence-electron chi connectivity index (χ4n) is 1.73. The van der Waals surface area contributed by atoms with Gasteiger partial charge in [-0.25, -0.2) is 10.9 Å². The van der Waals surface area contributed by atoms with Gasteiger partial charge >= 0.3 is 17.1 Å². The molecule has 1 rings (SSSR count). The third-order valence-corrected chi connectivity index (χ3v) is 2.66. The van der Waals surface area contributed by atoms with Crippen LogP contribution in [0.3, 0.4) is 0 Å². The van der Waals surface area contributed by atoms with Crippen molar-refractivity contribution in [3.05, 3.63) is 0 Å². The maximum atomic E-state index is 3.09. The number of hydrazine groups is 4. The third kappa shape index (κ3) is 10.8. The van der Waals surface area contributed by atoms with Crippen molar-refractivity contribution in [3.63, 3.8) is 0 Å². The minimum Gasteiger partial charge on any atom is -0.243 e. The van der Waals surface area contributed by atoms with Crippen molar-refractivity contribution in [3.8, 4) is 0 Å². The van der Waals surface area contributed by atoms with E-state index in [0.29, 0.717) is 0 Å². The molecule has 0 saturated carbocycles. The fraction of sp³-hybridized carbons (Fsp3) is 1.00. The molecule has 0 aromatic heterocycles. The largest absolute Gasteiger partial charge is 2.00 e. The molecular formula is C10H25MnN5+2. The molecule has 0 amide bonds. The van der Waals surface area contributed by atoms with Gasteiger partial charge in [-0.05, 0) is 12.8 Å². The Morgan fingerprint density at radius 3 is 1.25 bits per heavy atom. The van der Waals surface area contributed by atoms with Gasteiger partial charge in [-0.1, -0.05) is 38.5 Å². The van der Waals surface area contributed by atoms with Gasteiger partial charge in [0.2, 0.25) is 0 Å². The molecule has 1 aliphatic rings. The number of rotatable bonds is 0. The van der Waals surface area contributed by atoms with E-state index in [0.717, 1.165) is 13.1 Å². The number of nitrogens with one attached hydrogen (secondary N) is 5. The molecular weight excluding hydrogens is 245 g/mol. The van der Waals surface area contributed by atoms with Crippen LogP contribution in [-0.2, 0) is 17.1 Å². The monoisotopic (exact) mass is 270 g/mol. The predicted octanol–water partition coefficient (Wildman–Crippen LogP) is 0.726. The average Bonchev–Trinajstić information content (AvgIpc) is 2.27. The first-order chi connectivity index (χ1) is 7.50. The van der Waals surface area contributed by atoms with E-state index in [1.54, 1.807) is 0 Å². The zero-order valence-electron chi connectivity index (χ0n) is 9.95. The van der Waals surface area contributed by atoms with E-state index in [-0.39, 0.29) is 17.1 Å². The van der Waals surface area contributed by atoms with Gasteiger partial charge in [0, 0.05) is 13.1 Å². The summed E-state index contributed by atoms with van der Waals surface area (Å²) in [6.45, 7) is 2.02. The van der Waals surface area contributed by atoms with E-state index in [4.69, 9.17) is 0 Å². The normalized spacial score (nSPS) is 22.5. The summed E-state index contributed by atoms with van der Waals surface area (Å²) in [4.78, 5) is 0. The van der Waals surface area contributed by atoms with Crippen LogP contribution in [0.25, 0.3) is 0 Å². The van der Waals surface area contributed by atoms with E-state index >= 15 is 0 Å². The van der Waals surface area contributed by atoms with Gasteiger partial charge in [0.1, 0.15) is 0 Å². The topological polar surface area (TPSA) is 60.1 Å². The van der Waals surface area contributed by atoms with Crippen LogP contribution in [0, 0.1) is 0 Å². The summed E-state index contributed by atoms with van der Waals surface area (Å²) < 4.78 is 0. The van der Waals surface area contributed by atoms with Gasteiger partial charge in [-0.15, -0.1) is 0 Å². The number of hydrogen-bond acceptors (Lipinski definition) is 5. The summed E-state index contributed by atoms with van der Waals surface area (Å²) in [5.74, 6) is 0. The van der Waals surface area contributed by atoms with Crippen LogP contribution in [0.2, 0.25) is 0 Å². The molecule has 0 bridgehead atoms. The van der Waals surface area contributed by atoms with Crippen LogP contribution in [0.5, 0.6) is 0 Å². The summed E-state index contributed by atoms with van der Waals surface area (Å²) in [5, 5.41) is 0. The summed E-state index contributed by atoms with van der Waals surface area (Å²) >= 11 is 0. The van der Waals surface area contributed by atoms with Crippen LogP contribution in [0.15, 0.2) is 0 Å². The molecule has 0 atom stereocenters. The van der Waals surface area contributed by atoms with Crippen LogP contribution in [-0.4, -0.2) is 13.1 Å². The third-order valence-electron chi connectivity index (χ3n) is 2.66. The van der Waals surface area contributed by atoms with Crippen molar-refractivity contribution in [2.75, 3.05) is 13.1 Å². The van der Waals surface area contributed by atoms with Crippen LogP contribution in [0.4, 0.5) is 0 Å². The molecule has 0 aromatic carbocycles. The summed E-state index contributed by atoms with van der Waals surface area (Å²) in [7, 11) is 0. The molecule has 1 saturated heterocycles. The SMILES string of the molecule is C1CCCCCNNNNNCCCC1.[Mn+2]. The van der Waals surface area contributed by atoms with Crippen LogP contribution >= 0.6 is 0 Å². The van der Waals surface area contributed by atoms with E-state index in [9.17, 15) is 0 Å². The van der Waals surface area contributed by atoms with Crippen LogP contribution < -0.4 is 27.5 Å². The molecule has 0 unspecified atom stereocenters. The van der Waals surface area contributed by atoms with E-state index in [2.05, 4.69) is 27.5 Å². The van der Waals surface area contributed by atoms with E-state index < -0.39 is 0 Å². The van der Waals surface area contributed by atoms with Gasteiger partial charge in [0.25, 0.3) is 0 Å². The van der Waals surface area contributed by atoms with Gasteiger partial charge < -0.3 is 0 Å². The van der Waals surface area contributed by atoms with Crippen LogP contribution in [0.1, 0.15) is 51.4 Å². The summed E-state index contributed by atoms with van der Waals surface area (Å²) in [5.41, 5.74) is 14.8. The Labute approximate surface area is 109 Å². The van der Waals surface area contributed by atoms with Crippen molar-refractivity contribution in [1.29, 1.82) is 0 Å². The molecule has 0 spiro atoms. The molecule has 5 nitrogen and oxygen atoms in total. The molecule has 0 aromatic rings. The Morgan fingerprint density at radius 1 is 0.438 bits per heavy atom. The Hall–Kier alpha value is 0.319. The van der Waals surface area contributed by atoms with E-state index in [1.165, 1.54) is 51.4 Å². The molecule has 0 aliphatic carbocycles. The molecule has 1 radical (unpaired) electrons. The average molecular weight is 270 g/mol. The Morgan fingerprint density at radius 2 is 0.812 bits per heavy atom. The zero-order chi connectivity index (χ0) is 10.6. The summed E-state index contributed by atoms with van der Waals surface area (Å²) in [6.07, 6.45) is 10.7. The first-order valence-electron chi connectivity index (χ1n) is 6.21. The second-order valence-electron chi connectivity index (χ2n) is 4.06. The minimum absolute atomic E-state index is 0. The maximum Gasteiger partial charge on any atom is 2.00 e. The molecule has 6 heteroatoms. The smallest absolute Gasteiger partial charge is 0.243 e. The van der Waals surface area contributed by atoms with Gasteiger partial charge in [0.15, 0.2) is 0 Å². The molecule has 95 valence electrons. The maximum absolute atomic E-state index is 3.09. The molecule has 1 fully saturated rings. The van der Waals surface area contributed by atoms with E-state index in [1.807, 2.05) is 0 Å². The second-order valence-corrected chi connectivity index (χ2v) is 4.06. The second kappa shape index (κ2) is 13.4. The van der Waals surface area contributed by atoms with Crippen molar-refractivity contribution in [2.24, 2.45) is 0 Å². The van der Waals surface area contributed by atoms with Gasteiger partial charge in [0.05, 0.1) is 0 Å². The Kier molecular flexibility index (Phi) is 13.7. The van der Waals surface area contributed by atoms with Crippen molar-refractivity contribution >= 4 is 0 Å². The molecule has 16 heavy (non-hydrogen) atoms. The Balaban J connectivity index is 0.00000225. The summed E-state index contributed by atoms with van der Waals surface area (Å²) in [6, 6.07) is 0. The molecule has 1 aliphatic heterocycles. The fourth-order valence-corrected chi connectivity index (χ4v) is 1.73. The quantitative estimate of drug-likeness (QED) is 0.420. The first kappa shape index (κ1) is 16.3. The molecule has 1 heterocycles. The van der Waals surface area contributed by atoms with Crippen molar-refractivity contribution in [1.82, 2.24) is 27.5 Å². The van der Waals surface area contributed by atoms with Crippen molar-refractivity contribution < 1.29 is 17.1 Å².